The largest absolute Gasteiger partial charge is 0.484 e. The average Bonchev–Trinajstić information content (AvgIpc) is 2.34. The van der Waals surface area contributed by atoms with Crippen LogP contribution in [0, 0.1) is 10.1 Å². The molecule has 0 heterocycles. The lowest BCUT2D eigenvalue weighted by molar-refractivity contribution is -0.386. The lowest BCUT2D eigenvalue weighted by Crippen LogP contribution is -2.27. The number of hydrogen-bond donors (Lipinski definition) is 1. The van der Waals surface area contributed by atoms with E-state index in [1.165, 1.54) is 6.07 Å². The topological polar surface area (TPSA) is 67.6 Å². The van der Waals surface area contributed by atoms with E-state index in [-0.39, 0.29) is 11.8 Å². The fourth-order valence-corrected chi connectivity index (χ4v) is 1.65. The van der Waals surface area contributed by atoms with Gasteiger partial charge in [-0.25, -0.2) is 0 Å². The van der Waals surface area contributed by atoms with Crippen LogP contribution < -0.4 is 15.0 Å². The maximum atomic E-state index is 11.0. The van der Waals surface area contributed by atoms with Crippen molar-refractivity contribution in [1.82, 2.24) is 5.32 Å². The predicted octanol–water partition coefficient (Wildman–Crippen LogP) is 2.04. The maximum absolute atomic E-state index is 11.0. The molecule has 19 heavy (non-hydrogen) atoms. The molecule has 0 saturated carbocycles. The van der Waals surface area contributed by atoms with Crippen molar-refractivity contribution < 1.29 is 9.66 Å². The van der Waals surface area contributed by atoms with Crippen molar-refractivity contribution in [2.75, 3.05) is 32.1 Å². The summed E-state index contributed by atoms with van der Waals surface area (Å²) in [4.78, 5) is 12.6. The lowest BCUT2D eigenvalue weighted by atomic mass is 10.2. The van der Waals surface area contributed by atoms with Gasteiger partial charge in [-0.3, -0.25) is 10.1 Å². The Morgan fingerprint density at radius 1 is 1.47 bits per heavy atom. The molecular weight excluding hydrogens is 246 g/mol. The van der Waals surface area contributed by atoms with E-state index in [0.717, 1.165) is 18.8 Å². The van der Waals surface area contributed by atoms with Gasteiger partial charge in [0.1, 0.15) is 0 Å². The molecule has 0 unspecified atom stereocenters. The van der Waals surface area contributed by atoms with Gasteiger partial charge in [0.15, 0.2) is 5.75 Å². The summed E-state index contributed by atoms with van der Waals surface area (Å²) in [5.41, 5.74) is 0.899. The standard InChI is InChI=1S/C13H21N3O3/c1-10(2)19-13-9-11(15(4)8-7-14-3)5-6-12(13)16(17)18/h5-6,9-10,14H,7-8H2,1-4H3. The molecule has 1 aromatic carbocycles. The Bertz CT molecular complexity index is 435. The number of ether oxygens (including phenoxy) is 1. The van der Waals surface area contributed by atoms with Crippen LogP contribution in [-0.4, -0.2) is 38.2 Å². The van der Waals surface area contributed by atoms with Crippen molar-refractivity contribution in [1.29, 1.82) is 0 Å². The second-order valence-corrected chi connectivity index (χ2v) is 4.60. The molecule has 0 radical (unpaired) electrons. The molecule has 0 atom stereocenters. The molecule has 6 nitrogen and oxygen atoms in total. The average molecular weight is 267 g/mol. The summed E-state index contributed by atoms with van der Waals surface area (Å²) in [5, 5.41) is 14.0. The fourth-order valence-electron chi connectivity index (χ4n) is 1.65. The molecule has 106 valence electrons. The number of likely N-dealkylation sites (N-methyl/N-ethyl adjacent to an activating group) is 2. The van der Waals surface area contributed by atoms with Crippen LogP contribution in [0.15, 0.2) is 18.2 Å². The van der Waals surface area contributed by atoms with Crippen molar-refractivity contribution in [2.45, 2.75) is 20.0 Å². The van der Waals surface area contributed by atoms with Gasteiger partial charge >= 0.3 is 5.69 Å². The Kier molecular flexibility index (Phi) is 5.57. The van der Waals surface area contributed by atoms with Gasteiger partial charge in [0.2, 0.25) is 0 Å². The predicted molar refractivity (Wildman–Crippen MR) is 76.1 cm³/mol. The van der Waals surface area contributed by atoms with E-state index in [1.807, 2.05) is 32.8 Å². The van der Waals surface area contributed by atoms with Crippen LogP contribution in [0.5, 0.6) is 5.75 Å². The van der Waals surface area contributed by atoms with Gasteiger partial charge in [-0.2, -0.15) is 0 Å². The highest BCUT2D eigenvalue weighted by Gasteiger charge is 2.17. The zero-order chi connectivity index (χ0) is 14.4. The summed E-state index contributed by atoms with van der Waals surface area (Å²) in [6, 6.07) is 4.94. The third-order valence-corrected chi connectivity index (χ3v) is 2.64. The van der Waals surface area contributed by atoms with Gasteiger partial charge < -0.3 is 15.0 Å². The van der Waals surface area contributed by atoms with E-state index in [1.54, 1.807) is 12.1 Å². The molecule has 0 aromatic heterocycles. The number of benzene rings is 1. The number of nitro benzene ring substituents is 1. The smallest absolute Gasteiger partial charge is 0.311 e. The molecule has 1 aromatic rings. The highest BCUT2D eigenvalue weighted by atomic mass is 16.6. The van der Waals surface area contributed by atoms with Crippen LogP contribution in [0.2, 0.25) is 0 Å². The molecule has 0 aliphatic carbocycles. The van der Waals surface area contributed by atoms with E-state index in [0.29, 0.717) is 5.75 Å². The summed E-state index contributed by atoms with van der Waals surface area (Å²) < 4.78 is 5.52. The van der Waals surface area contributed by atoms with Gasteiger partial charge in [-0.15, -0.1) is 0 Å². The molecule has 0 bridgehead atoms. The van der Waals surface area contributed by atoms with Crippen LogP contribution in [0.3, 0.4) is 0 Å². The SMILES string of the molecule is CNCCN(C)c1ccc([N+](=O)[O-])c(OC(C)C)c1. The molecule has 0 aliphatic rings. The van der Waals surface area contributed by atoms with Crippen LogP contribution in [0.4, 0.5) is 11.4 Å². The first-order chi connectivity index (χ1) is 8.95. The van der Waals surface area contributed by atoms with Gasteiger partial charge in [-0.05, 0) is 27.0 Å². The minimum Gasteiger partial charge on any atom is -0.484 e. The minimum absolute atomic E-state index is 0.000494. The minimum atomic E-state index is -0.422. The van der Waals surface area contributed by atoms with Crippen LogP contribution >= 0.6 is 0 Å². The monoisotopic (exact) mass is 267 g/mol. The van der Waals surface area contributed by atoms with Crippen molar-refractivity contribution in [3.63, 3.8) is 0 Å². The van der Waals surface area contributed by atoms with Crippen molar-refractivity contribution in [3.8, 4) is 5.75 Å². The summed E-state index contributed by atoms with van der Waals surface area (Å²) in [5.74, 6) is 0.314. The highest BCUT2D eigenvalue weighted by Crippen LogP contribution is 2.32. The van der Waals surface area contributed by atoms with Crippen LogP contribution in [-0.2, 0) is 0 Å². The van der Waals surface area contributed by atoms with E-state index in [9.17, 15) is 10.1 Å². The number of hydrogen-bond acceptors (Lipinski definition) is 5. The summed E-state index contributed by atoms with van der Waals surface area (Å²) in [6.45, 7) is 5.35. The summed E-state index contributed by atoms with van der Waals surface area (Å²) in [7, 11) is 3.83. The quantitative estimate of drug-likeness (QED) is 0.605. The van der Waals surface area contributed by atoms with Gasteiger partial charge in [0, 0.05) is 38.0 Å². The van der Waals surface area contributed by atoms with E-state index in [4.69, 9.17) is 4.74 Å². The first-order valence-corrected chi connectivity index (χ1v) is 6.26. The molecule has 0 amide bonds. The number of anilines is 1. The number of rotatable bonds is 7. The summed E-state index contributed by atoms with van der Waals surface area (Å²) in [6.07, 6.45) is -0.100. The molecule has 0 spiro atoms. The van der Waals surface area contributed by atoms with E-state index in [2.05, 4.69) is 5.32 Å². The second kappa shape index (κ2) is 6.94. The van der Waals surface area contributed by atoms with Crippen LogP contribution in [0.25, 0.3) is 0 Å². The zero-order valence-electron chi connectivity index (χ0n) is 11.8. The van der Waals surface area contributed by atoms with E-state index < -0.39 is 4.92 Å². The molecule has 0 aliphatic heterocycles. The Morgan fingerprint density at radius 3 is 2.68 bits per heavy atom. The van der Waals surface area contributed by atoms with Crippen LogP contribution in [0.1, 0.15) is 13.8 Å². The highest BCUT2D eigenvalue weighted by molar-refractivity contribution is 5.59. The first-order valence-electron chi connectivity index (χ1n) is 6.26. The maximum Gasteiger partial charge on any atom is 0.311 e. The Hall–Kier alpha value is -1.82. The Balaban J connectivity index is 3.00. The third-order valence-electron chi connectivity index (χ3n) is 2.64. The number of nitrogens with one attached hydrogen (secondary N) is 1. The lowest BCUT2D eigenvalue weighted by Gasteiger charge is -2.20. The fraction of sp³-hybridized carbons (Fsp3) is 0.538. The first kappa shape index (κ1) is 15.2. The normalized spacial score (nSPS) is 10.6. The third kappa shape index (κ3) is 4.40. The molecule has 0 fully saturated rings. The molecular formula is C13H21N3O3. The Morgan fingerprint density at radius 2 is 2.16 bits per heavy atom. The van der Waals surface area contributed by atoms with Crippen molar-refractivity contribution in [3.05, 3.63) is 28.3 Å². The number of nitro groups is 1. The van der Waals surface area contributed by atoms with Crippen molar-refractivity contribution in [2.24, 2.45) is 0 Å². The Labute approximate surface area is 113 Å². The van der Waals surface area contributed by atoms with Gasteiger partial charge in [0.05, 0.1) is 11.0 Å². The molecule has 1 rings (SSSR count). The zero-order valence-corrected chi connectivity index (χ0v) is 11.8. The second-order valence-electron chi connectivity index (χ2n) is 4.60. The van der Waals surface area contributed by atoms with Gasteiger partial charge in [0.25, 0.3) is 0 Å². The van der Waals surface area contributed by atoms with Crippen molar-refractivity contribution >= 4 is 11.4 Å². The van der Waals surface area contributed by atoms with E-state index >= 15 is 0 Å². The molecule has 0 saturated heterocycles. The molecule has 1 N–H and O–H groups in total. The van der Waals surface area contributed by atoms with Gasteiger partial charge in [-0.1, -0.05) is 0 Å². The number of nitrogens with zero attached hydrogens (tertiary/aromatic N) is 2. The molecule has 6 heteroatoms. The summed E-state index contributed by atoms with van der Waals surface area (Å²) >= 11 is 0.